The smallest absolute Gasteiger partial charge is 0.344 e. The third kappa shape index (κ3) is 14.2. The summed E-state index contributed by atoms with van der Waals surface area (Å²) in [7, 11) is 2.99. The molecule has 5 rings (SSSR count). The predicted molar refractivity (Wildman–Crippen MR) is 234 cm³/mol. The van der Waals surface area contributed by atoms with Gasteiger partial charge >= 0.3 is 17.9 Å². The Morgan fingerprint density at radius 2 is 1.17 bits per heavy atom. The molecular weight excluding hydrogens is 869 g/mol. The van der Waals surface area contributed by atoms with E-state index in [1.54, 1.807) is 65.8 Å². The molecular formula is C48H57F2NO15. The van der Waals surface area contributed by atoms with E-state index < -0.39 is 66.0 Å². The van der Waals surface area contributed by atoms with E-state index in [0.29, 0.717) is 5.56 Å². The van der Waals surface area contributed by atoms with Gasteiger partial charge in [-0.25, -0.2) is 13.6 Å². The van der Waals surface area contributed by atoms with E-state index in [9.17, 15) is 19.5 Å². The van der Waals surface area contributed by atoms with E-state index in [4.69, 9.17) is 52.1 Å². The minimum absolute atomic E-state index is 0.0499. The Labute approximate surface area is 382 Å². The lowest BCUT2D eigenvalue weighted by atomic mass is 9.77. The molecule has 0 fully saturated rings. The minimum Gasteiger partial charge on any atom is -0.480 e. The Kier molecular flexibility index (Phi) is 17.7. The molecule has 0 bridgehead atoms. The van der Waals surface area contributed by atoms with E-state index in [1.165, 1.54) is 49.5 Å². The highest BCUT2D eigenvalue weighted by Crippen LogP contribution is 2.53. The maximum Gasteiger partial charge on any atom is 0.344 e. The second-order valence-electron chi connectivity index (χ2n) is 16.8. The number of hydrogen-bond acceptors (Lipinski definition) is 16. The fourth-order valence-electron chi connectivity index (χ4n) is 6.53. The molecule has 0 saturated heterocycles. The first kappa shape index (κ1) is 50.9. The van der Waals surface area contributed by atoms with Crippen molar-refractivity contribution >= 4 is 23.6 Å². The van der Waals surface area contributed by atoms with Gasteiger partial charge < -0.3 is 62.1 Å². The summed E-state index contributed by atoms with van der Waals surface area (Å²) >= 11 is 0. The third-order valence-corrected chi connectivity index (χ3v) is 9.31. The van der Waals surface area contributed by atoms with Crippen LogP contribution < -0.4 is 23.8 Å². The van der Waals surface area contributed by atoms with Crippen molar-refractivity contribution in [2.45, 2.75) is 65.0 Å². The number of ether oxygens (including phenoxy) is 11. The Morgan fingerprint density at radius 3 is 1.65 bits per heavy atom. The number of hydrogen-bond donors (Lipinski definition) is 1. The minimum atomic E-state index is -2.43. The lowest BCUT2D eigenvalue weighted by Gasteiger charge is -2.37. The highest BCUT2D eigenvalue weighted by Gasteiger charge is 2.45. The van der Waals surface area contributed by atoms with Crippen molar-refractivity contribution in [2.24, 2.45) is 0 Å². The van der Waals surface area contributed by atoms with E-state index in [0.717, 1.165) is 12.1 Å². The summed E-state index contributed by atoms with van der Waals surface area (Å²) in [6, 6.07) is 17.4. The summed E-state index contributed by atoms with van der Waals surface area (Å²) in [6.45, 7) is 8.48. The van der Waals surface area contributed by atoms with Crippen molar-refractivity contribution in [1.82, 2.24) is 0 Å². The zero-order chi connectivity index (χ0) is 48.1. The van der Waals surface area contributed by atoms with Crippen LogP contribution in [-0.4, -0.2) is 108 Å². The molecule has 4 aromatic carbocycles. The van der Waals surface area contributed by atoms with Crippen LogP contribution in [0.15, 0.2) is 72.8 Å². The van der Waals surface area contributed by atoms with E-state index in [2.05, 4.69) is 0 Å². The fourth-order valence-corrected chi connectivity index (χ4v) is 6.53. The lowest BCUT2D eigenvalue weighted by Crippen LogP contribution is -2.40. The first-order chi connectivity index (χ1) is 31.3. The summed E-state index contributed by atoms with van der Waals surface area (Å²) in [6.07, 6.45) is 0. The van der Waals surface area contributed by atoms with E-state index in [-0.39, 0.29) is 97.7 Å². The first-order valence-corrected chi connectivity index (χ1v) is 20.9. The van der Waals surface area contributed by atoms with Gasteiger partial charge in [-0.2, -0.15) is 0 Å². The Balaban J connectivity index is 1.64. The average Bonchev–Trinajstić information content (AvgIpc) is 3.24. The number of benzene rings is 4. The molecule has 1 aliphatic heterocycles. The molecule has 4 aromatic rings. The number of esters is 3. The van der Waals surface area contributed by atoms with Crippen LogP contribution in [0.25, 0.3) is 0 Å². The van der Waals surface area contributed by atoms with Crippen molar-refractivity contribution < 1.29 is 80.4 Å². The Hall–Kier alpha value is -6.05. The molecule has 18 heteroatoms. The quantitative estimate of drug-likeness (QED) is 0.0349. The van der Waals surface area contributed by atoms with Crippen LogP contribution in [-0.2, 0) is 59.7 Å². The maximum absolute atomic E-state index is 16.0. The number of methoxy groups -OCH3 is 2. The number of fused-ring (bicyclic) bond motifs is 2. The van der Waals surface area contributed by atoms with Crippen molar-refractivity contribution in [3.8, 4) is 28.7 Å². The number of carbonyl (C=O) groups excluding carboxylic acids is 3. The summed E-state index contributed by atoms with van der Waals surface area (Å²) in [5.74, 6) is -5.03. The average molecular weight is 926 g/mol. The van der Waals surface area contributed by atoms with E-state index in [1.807, 2.05) is 6.07 Å². The monoisotopic (exact) mass is 925 g/mol. The van der Waals surface area contributed by atoms with Crippen LogP contribution in [0.4, 0.5) is 14.5 Å². The molecule has 0 spiro atoms. The summed E-state index contributed by atoms with van der Waals surface area (Å²) < 4.78 is 92.8. The van der Waals surface area contributed by atoms with Crippen molar-refractivity contribution in [1.29, 1.82) is 0 Å². The van der Waals surface area contributed by atoms with Gasteiger partial charge in [0.2, 0.25) is 0 Å². The number of aliphatic hydroxyl groups is 1. The van der Waals surface area contributed by atoms with E-state index >= 15 is 8.78 Å². The molecule has 16 nitrogen and oxygen atoms in total. The Bertz CT molecular complexity index is 2180. The third-order valence-electron chi connectivity index (χ3n) is 9.31. The van der Waals surface area contributed by atoms with Gasteiger partial charge in [0.25, 0.3) is 0 Å². The first-order valence-electron chi connectivity index (χ1n) is 20.9. The predicted octanol–water partition coefficient (Wildman–Crippen LogP) is 6.97. The van der Waals surface area contributed by atoms with Gasteiger partial charge in [0.1, 0.15) is 53.7 Å². The Morgan fingerprint density at radius 1 is 0.652 bits per heavy atom. The largest absolute Gasteiger partial charge is 0.480 e. The lowest BCUT2D eigenvalue weighted by molar-refractivity contribution is -0.154. The van der Waals surface area contributed by atoms with Crippen LogP contribution in [0.2, 0.25) is 0 Å². The molecule has 0 aromatic heterocycles. The molecule has 0 atom stereocenters. The topological polar surface area (TPSA) is 176 Å². The van der Waals surface area contributed by atoms with Crippen molar-refractivity contribution in [3.05, 3.63) is 107 Å². The van der Waals surface area contributed by atoms with Gasteiger partial charge in [0.15, 0.2) is 43.3 Å². The van der Waals surface area contributed by atoms with Crippen LogP contribution in [0.5, 0.6) is 28.7 Å². The summed E-state index contributed by atoms with van der Waals surface area (Å²) in [4.78, 5) is 41.3. The van der Waals surface area contributed by atoms with Crippen molar-refractivity contribution in [3.63, 3.8) is 0 Å². The van der Waals surface area contributed by atoms with Gasteiger partial charge in [0.05, 0.1) is 32.1 Å². The molecule has 358 valence electrons. The molecule has 0 unspecified atom stereocenters. The molecule has 0 aliphatic carbocycles. The molecule has 0 amide bonds. The van der Waals surface area contributed by atoms with Crippen LogP contribution in [0.3, 0.4) is 0 Å². The number of anilines is 1. The standard InChI is InChI=1S/C48H57F2NO15/c1-46(2,3)65-43(52)25-51(26-44(53)66-47(4,5)6)37-15-14-32(20-42(37)60-28-45(54)61-27-31-12-10-9-11-13-31)48(55)33-21-35(49)40(62-29-58-18-16-56-7)23-38(33)64-39-24-41(36(50)22-34(39)48)63-30-59-19-17-57-8/h9-15,20-24,55H,16-19,25-30H2,1-8H3. The maximum atomic E-state index is 16.0. The normalized spacial score (nSPS) is 12.8. The molecule has 0 saturated carbocycles. The number of halogens is 2. The van der Waals surface area contributed by atoms with Gasteiger partial charge in [-0.15, -0.1) is 0 Å². The fraction of sp³-hybridized carbons (Fsp3) is 0.438. The molecule has 1 N–H and O–H groups in total. The molecule has 66 heavy (non-hydrogen) atoms. The summed E-state index contributed by atoms with van der Waals surface area (Å²) in [5.41, 5.74) is -3.86. The number of nitrogens with zero attached hydrogens (tertiary/aromatic N) is 1. The van der Waals surface area contributed by atoms with Gasteiger partial charge in [-0.3, -0.25) is 9.59 Å². The zero-order valence-corrected chi connectivity index (χ0v) is 38.4. The number of rotatable bonds is 23. The second-order valence-corrected chi connectivity index (χ2v) is 16.8. The van der Waals surface area contributed by atoms with Gasteiger partial charge in [0, 0.05) is 37.5 Å². The van der Waals surface area contributed by atoms with Crippen LogP contribution >= 0.6 is 0 Å². The van der Waals surface area contributed by atoms with Crippen LogP contribution in [0.1, 0.15) is 63.8 Å². The van der Waals surface area contributed by atoms with Crippen molar-refractivity contribution in [2.75, 3.05) is 78.8 Å². The highest BCUT2D eigenvalue weighted by atomic mass is 19.1. The zero-order valence-electron chi connectivity index (χ0n) is 38.4. The second kappa shape index (κ2) is 22.9. The molecule has 0 radical (unpaired) electrons. The summed E-state index contributed by atoms with van der Waals surface area (Å²) in [5, 5.41) is 13.1. The van der Waals surface area contributed by atoms with Crippen LogP contribution in [0, 0.1) is 11.6 Å². The number of carbonyl (C=O) groups is 3. The highest BCUT2D eigenvalue weighted by molar-refractivity contribution is 5.83. The SMILES string of the molecule is COCCOCOc1cc2c(cc1F)C(O)(c1ccc(N(CC(=O)OC(C)(C)C)CC(=O)OC(C)(C)C)c(OCC(=O)OCc3ccccc3)c1)c1cc(F)c(OCOCCOC)cc1O2. The molecule has 1 heterocycles. The van der Waals surface area contributed by atoms with Gasteiger partial charge in [-0.1, -0.05) is 36.4 Å². The molecule has 1 aliphatic rings. The van der Waals surface area contributed by atoms with Gasteiger partial charge in [-0.05, 0) is 76.9 Å².